The molecule has 0 saturated heterocycles. The molecule has 6 nitrogen and oxygen atoms in total. The van der Waals surface area contributed by atoms with E-state index >= 15 is 0 Å². The van der Waals surface area contributed by atoms with Gasteiger partial charge in [0, 0.05) is 4.47 Å². The second kappa shape index (κ2) is 6.47. The van der Waals surface area contributed by atoms with E-state index in [1.54, 1.807) is 18.2 Å². The molecule has 0 fully saturated rings. The minimum atomic E-state index is -3.88. The first-order valence-electron chi connectivity index (χ1n) is 6.17. The van der Waals surface area contributed by atoms with Crippen molar-refractivity contribution in [1.82, 2.24) is 10.3 Å². The van der Waals surface area contributed by atoms with E-state index in [0.717, 1.165) is 5.56 Å². The Kier molecular flexibility index (Phi) is 4.84. The Morgan fingerprint density at radius 3 is 2.41 bits per heavy atom. The highest BCUT2D eigenvalue weighted by molar-refractivity contribution is 9.10. The smallest absolute Gasteiger partial charge is 0.270 e. The summed E-state index contributed by atoms with van der Waals surface area (Å²) in [7, 11) is -3.88. The SMILES string of the molecule is Cc1ccc(S(=O)(=O)NNC(=O)c2cc(Br)ccc2O)cc1. The van der Waals surface area contributed by atoms with Crippen LogP contribution >= 0.6 is 15.9 Å². The molecule has 0 radical (unpaired) electrons. The predicted octanol–water partition coefficient (Wildman–Crippen LogP) is 2.09. The first-order chi connectivity index (χ1) is 10.3. The molecule has 2 aromatic rings. The Balaban J connectivity index is 2.13. The van der Waals surface area contributed by atoms with Gasteiger partial charge in [-0.25, -0.2) is 8.42 Å². The summed E-state index contributed by atoms with van der Waals surface area (Å²) in [4.78, 5) is 13.9. The monoisotopic (exact) mass is 384 g/mol. The first kappa shape index (κ1) is 16.5. The zero-order chi connectivity index (χ0) is 16.3. The van der Waals surface area contributed by atoms with E-state index in [1.807, 2.05) is 11.8 Å². The van der Waals surface area contributed by atoms with E-state index in [-0.39, 0.29) is 16.2 Å². The van der Waals surface area contributed by atoms with Gasteiger partial charge in [0.25, 0.3) is 15.9 Å². The summed E-state index contributed by atoms with van der Waals surface area (Å²) in [5.74, 6) is -1.02. The Morgan fingerprint density at radius 2 is 1.77 bits per heavy atom. The number of carbonyl (C=O) groups is 1. The van der Waals surface area contributed by atoms with Gasteiger partial charge >= 0.3 is 0 Å². The average Bonchev–Trinajstić information content (AvgIpc) is 2.48. The van der Waals surface area contributed by atoms with Crippen LogP contribution < -0.4 is 10.3 Å². The molecule has 116 valence electrons. The van der Waals surface area contributed by atoms with E-state index in [9.17, 15) is 18.3 Å². The molecule has 0 saturated carbocycles. The molecule has 2 aromatic carbocycles. The lowest BCUT2D eigenvalue weighted by molar-refractivity contribution is 0.0942. The molecule has 0 aliphatic rings. The van der Waals surface area contributed by atoms with Crippen molar-refractivity contribution in [3.8, 4) is 5.75 Å². The number of amides is 1. The zero-order valence-corrected chi connectivity index (χ0v) is 13.9. The molecule has 0 spiro atoms. The van der Waals surface area contributed by atoms with Crippen molar-refractivity contribution in [2.75, 3.05) is 0 Å². The van der Waals surface area contributed by atoms with Crippen molar-refractivity contribution in [3.05, 3.63) is 58.1 Å². The fourth-order valence-corrected chi connectivity index (χ4v) is 2.85. The topological polar surface area (TPSA) is 95.5 Å². The van der Waals surface area contributed by atoms with Crippen molar-refractivity contribution in [2.45, 2.75) is 11.8 Å². The summed E-state index contributed by atoms with van der Waals surface area (Å²) >= 11 is 3.17. The second-order valence-electron chi connectivity index (χ2n) is 4.53. The van der Waals surface area contributed by atoms with Gasteiger partial charge in [-0.3, -0.25) is 10.2 Å². The lowest BCUT2D eigenvalue weighted by Gasteiger charge is -2.10. The van der Waals surface area contributed by atoms with Crippen molar-refractivity contribution >= 4 is 31.9 Å². The molecule has 8 heteroatoms. The van der Waals surface area contributed by atoms with Gasteiger partial charge in [-0.15, -0.1) is 4.83 Å². The third-order valence-corrected chi connectivity index (χ3v) is 4.59. The maximum absolute atomic E-state index is 12.0. The molecular weight excluding hydrogens is 372 g/mol. The van der Waals surface area contributed by atoms with Crippen molar-refractivity contribution in [3.63, 3.8) is 0 Å². The third kappa shape index (κ3) is 3.85. The maximum atomic E-state index is 12.0. The Hall–Kier alpha value is -1.90. The third-order valence-electron chi connectivity index (χ3n) is 2.83. The number of rotatable bonds is 4. The van der Waals surface area contributed by atoms with Gasteiger partial charge < -0.3 is 5.11 Å². The Morgan fingerprint density at radius 1 is 1.14 bits per heavy atom. The van der Waals surface area contributed by atoms with Crippen LogP contribution in [-0.4, -0.2) is 19.4 Å². The summed E-state index contributed by atoms with van der Waals surface area (Å²) in [6, 6.07) is 10.4. The number of aryl methyl sites for hydroxylation is 1. The number of halogens is 1. The molecular formula is C14H13BrN2O4S. The fraction of sp³-hybridized carbons (Fsp3) is 0.0714. The van der Waals surface area contributed by atoms with Crippen LogP contribution in [0.25, 0.3) is 0 Å². The van der Waals surface area contributed by atoms with Gasteiger partial charge in [0.2, 0.25) is 0 Å². The molecule has 0 aliphatic heterocycles. The van der Waals surface area contributed by atoms with Gasteiger partial charge in [0.15, 0.2) is 0 Å². The van der Waals surface area contributed by atoms with Gasteiger partial charge in [-0.05, 0) is 37.3 Å². The number of hydrogen-bond acceptors (Lipinski definition) is 4. The zero-order valence-electron chi connectivity index (χ0n) is 11.5. The summed E-state index contributed by atoms with van der Waals surface area (Å²) in [5.41, 5.74) is 2.93. The predicted molar refractivity (Wildman–Crippen MR) is 84.8 cm³/mol. The minimum Gasteiger partial charge on any atom is -0.507 e. The van der Waals surface area contributed by atoms with E-state index in [4.69, 9.17) is 0 Å². The van der Waals surface area contributed by atoms with Crippen LogP contribution in [0.3, 0.4) is 0 Å². The molecule has 0 aliphatic carbocycles. The Bertz CT molecular complexity index is 804. The van der Waals surface area contributed by atoms with Crippen molar-refractivity contribution in [2.24, 2.45) is 0 Å². The Labute approximate surface area is 136 Å². The molecule has 22 heavy (non-hydrogen) atoms. The number of benzene rings is 2. The standard InChI is InChI=1S/C14H13BrN2O4S/c1-9-2-5-11(6-3-9)22(20,21)17-16-14(19)12-8-10(15)4-7-13(12)18/h2-8,17-18H,1H3,(H,16,19). The highest BCUT2D eigenvalue weighted by Gasteiger charge is 2.17. The van der Waals surface area contributed by atoms with E-state index in [2.05, 4.69) is 21.4 Å². The maximum Gasteiger partial charge on any atom is 0.270 e. The number of sulfonamides is 1. The van der Waals surface area contributed by atoms with E-state index < -0.39 is 15.9 Å². The number of hydrogen-bond donors (Lipinski definition) is 3. The van der Waals surface area contributed by atoms with Crippen molar-refractivity contribution in [1.29, 1.82) is 0 Å². The van der Waals surface area contributed by atoms with Crippen LogP contribution in [0.1, 0.15) is 15.9 Å². The van der Waals surface area contributed by atoms with Gasteiger partial charge in [0.1, 0.15) is 5.75 Å². The van der Waals surface area contributed by atoms with Crippen LogP contribution in [0, 0.1) is 6.92 Å². The molecule has 2 rings (SSSR count). The second-order valence-corrected chi connectivity index (χ2v) is 7.13. The lowest BCUT2D eigenvalue weighted by Crippen LogP contribution is -2.41. The first-order valence-corrected chi connectivity index (χ1v) is 8.44. The average molecular weight is 385 g/mol. The van der Waals surface area contributed by atoms with Gasteiger partial charge in [0.05, 0.1) is 10.5 Å². The molecule has 0 atom stereocenters. The number of phenols is 1. The molecule has 0 unspecified atom stereocenters. The molecule has 0 bridgehead atoms. The summed E-state index contributed by atoms with van der Waals surface area (Å²) < 4.78 is 24.6. The summed E-state index contributed by atoms with van der Waals surface area (Å²) in [5, 5.41) is 9.62. The highest BCUT2D eigenvalue weighted by atomic mass is 79.9. The quantitative estimate of drug-likeness (QED) is 0.703. The normalized spacial score (nSPS) is 11.2. The van der Waals surface area contributed by atoms with Crippen LogP contribution in [0.4, 0.5) is 0 Å². The number of nitrogens with one attached hydrogen (secondary N) is 2. The van der Waals surface area contributed by atoms with Crippen LogP contribution in [0.2, 0.25) is 0 Å². The van der Waals surface area contributed by atoms with Crippen LogP contribution in [0.15, 0.2) is 51.8 Å². The molecule has 0 aromatic heterocycles. The molecule has 1 amide bonds. The summed E-state index contributed by atoms with van der Waals surface area (Å²) in [6.07, 6.45) is 0. The minimum absolute atomic E-state index is 0.0249. The summed E-state index contributed by atoms with van der Waals surface area (Å²) in [6.45, 7) is 1.83. The van der Waals surface area contributed by atoms with Crippen molar-refractivity contribution < 1.29 is 18.3 Å². The van der Waals surface area contributed by atoms with Gasteiger partial charge in [-0.2, -0.15) is 0 Å². The fourth-order valence-electron chi connectivity index (χ4n) is 1.65. The van der Waals surface area contributed by atoms with Crippen LogP contribution in [-0.2, 0) is 10.0 Å². The van der Waals surface area contributed by atoms with E-state index in [1.165, 1.54) is 24.3 Å². The largest absolute Gasteiger partial charge is 0.507 e. The molecule has 0 heterocycles. The number of hydrazine groups is 1. The number of aromatic hydroxyl groups is 1. The number of carbonyl (C=O) groups excluding carboxylic acids is 1. The number of phenolic OH excluding ortho intramolecular Hbond substituents is 1. The van der Waals surface area contributed by atoms with Crippen LogP contribution in [0.5, 0.6) is 5.75 Å². The van der Waals surface area contributed by atoms with Gasteiger partial charge in [-0.1, -0.05) is 33.6 Å². The van der Waals surface area contributed by atoms with E-state index in [0.29, 0.717) is 4.47 Å². The molecule has 3 N–H and O–H groups in total. The highest BCUT2D eigenvalue weighted by Crippen LogP contribution is 2.21. The lowest BCUT2D eigenvalue weighted by atomic mass is 10.2.